The van der Waals surface area contributed by atoms with Gasteiger partial charge >= 0.3 is 0 Å². The van der Waals surface area contributed by atoms with Gasteiger partial charge < -0.3 is 4.90 Å². The van der Waals surface area contributed by atoms with Crippen LogP contribution in [0.4, 0.5) is 0 Å². The van der Waals surface area contributed by atoms with Crippen molar-refractivity contribution >= 4 is 5.91 Å². The molecule has 3 heteroatoms. The van der Waals surface area contributed by atoms with E-state index in [1.807, 2.05) is 31.1 Å². The van der Waals surface area contributed by atoms with Gasteiger partial charge in [0.15, 0.2) is 0 Å². The summed E-state index contributed by atoms with van der Waals surface area (Å²) >= 11 is 0. The topological polar surface area (TPSA) is 33.2 Å². The van der Waals surface area contributed by atoms with E-state index >= 15 is 0 Å². The van der Waals surface area contributed by atoms with E-state index in [2.05, 4.69) is 17.1 Å². The lowest BCUT2D eigenvalue weighted by Gasteiger charge is -2.33. The summed E-state index contributed by atoms with van der Waals surface area (Å²) in [6, 6.07) is 4.18. The van der Waals surface area contributed by atoms with Crippen LogP contribution in [0, 0.1) is 5.92 Å². The smallest absolute Gasteiger partial charge is 0.225 e. The van der Waals surface area contributed by atoms with E-state index in [0.29, 0.717) is 5.92 Å². The molecule has 17 heavy (non-hydrogen) atoms. The number of likely N-dealkylation sites (tertiary alicyclic amines) is 1. The normalized spacial score (nSPS) is 17.5. The highest BCUT2D eigenvalue weighted by atomic mass is 16.2. The second-order valence-electron chi connectivity index (χ2n) is 5.03. The molecule has 92 valence electrons. The van der Waals surface area contributed by atoms with Crippen molar-refractivity contribution in [3.05, 3.63) is 30.1 Å². The Labute approximate surface area is 103 Å². The molecule has 0 radical (unpaired) electrons. The Bertz CT molecular complexity index is 367. The molecule has 0 atom stereocenters. The largest absolute Gasteiger partial charge is 0.342 e. The first-order valence-corrected chi connectivity index (χ1v) is 6.37. The molecule has 0 aromatic carbocycles. The molecule has 0 spiro atoms. The first-order chi connectivity index (χ1) is 8.18. The van der Waals surface area contributed by atoms with Crippen LogP contribution in [0.1, 0.15) is 38.2 Å². The molecule has 1 aliphatic heterocycles. The maximum absolute atomic E-state index is 11.9. The average molecular weight is 232 g/mol. The number of hydrogen-bond donors (Lipinski definition) is 0. The molecule has 1 saturated heterocycles. The monoisotopic (exact) mass is 232 g/mol. The lowest BCUT2D eigenvalue weighted by molar-refractivity contribution is -0.135. The standard InChI is InChI=1S/C14H20N2O/c1-11(2)14(17)16-9-5-13(6-10-16)12-3-7-15-8-4-12/h3-4,7-8,11,13H,5-6,9-10H2,1-2H3. The van der Waals surface area contributed by atoms with Crippen molar-refractivity contribution < 1.29 is 4.79 Å². The molecule has 0 unspecified atom stereocenters. The Morgan fingerprint density at radius 3 is 2.41 bits per heavy atom. The van der Waals surface area contributed by atoms with Gasteiger partial charge in [0.05, 0.1) is 0 Å². The summed E-state index contributed by atoms with van der Waals surface area (Å²) in [5, 5.41) is 0. The molecular formula is C14H20N2O. The van der Waals surface area contributed by atoms with Gasteiger partial charge in [-0.15, -0.1) is 0 Å². The van der Waals surface area contributed by atoms with Gasteiger partial charge in [0.2, 0.25) is 5.91 Å². The number of nitrogens with zero attached hydrogens (tertiary/aromatic N) is 2. The van der Waals surface area contributed by atoms with Gasteiger partial charge in [-0.1, -0.05) is 13.8 Å². The zero-order chi connectivity index (χ0) is 12.3. The van der Waals surface area contributed by atoms with Crippen molar-refractivity contribution in [3.8, 4) is 0 Å². The summed E-state index contributed by atoms with van der Waals surface area (Å²) in [5.41, 5.74) is 1.36. The number of carbonyl (C=O) groups excluding carboxylic acids is 1. The minimum Gasteiger partial charge on any atom is -0.342 e. The highest BCUT2D eigenvalue weighted by Gasteiger charge is 2.24. The van der Waals surface area contributed by atoms with Gasteiger partial charge in [0.25, 0.3) is 0 Å². The minimum absolute atomic E-state index is 0.118. The van der Waals surface area contributed by atoms with Gasteiger partial charge in [0, 0.05) is 31.4 Å². The maximum atomic E-state index is 11.9. The zero-order valence-corrected chi connectivity index (χ0v) is 10.6. The van der Waals surface area contributed by atoms with Crippen LogP contribution in [0.25, 0.3) is 0 Å². The lowest BCUT2D eigenvalue weighted by Crippen LogP contribution is -2.40. The van der Waals surface area contributed by atoms with E-state index in [9.17, 15) is 4.79 Å². The van der Waals surface area contributed by atoms with Gasteiger partial charge in [-0.05, 0) is 36.5 Å². The first-order valence-electron chi connectivity index (χ1n) is 6.37. The Morgan fingerprint density at radius 2 is 1.88 bits per heavy atom. The Balaban J connectivity index is 1.93. The zero-order valence-electron chi connectivity index (χ0n) is 10.6. The Morgan fingerprint density at radius 1 is 1.29 bits per heavy atom. The van der Waals surface area contributed by atoms with E-state index in [1.165, 1.54) is 5.56 Å². The van der Waals surface area contributed by atoms with Crippen molar-refractivity contribution in [1.29, 1.82) is 0 Å². The molecule has 0 N–H and O–H groups in total. The van der Waals surface area contributed by atoms with Crippen LogP contribution < -0.4 is 0 Å². The van der Waals surface area contributed by atoms with Crippen molar-refractivity contribution in [2.24, 2.45) is 5.92 Å². The van der Waals surface area contributed by atoms with E-state index in [1.54, 1.807) is 0 Å². The molecule has 1 aromatic rings. The van der Waals surface area contributed by atoms with Crippen molar-refractivity contribution in [2.75, 3.05) is 13.1 Å². The van der Waals surface area contributed by atoms with Crippen molar-refractivity contribution in [3.63, 3.8) is 0 Å². The van der Waals surface area contributed by atoms with E-state index < -0.39 is 0 Å². The van der Waals surface area contributed by atoms with Crippen molar-refractivity contribution in [1.82, 2.24) is 9.88 Å². The lowest BCUT2D eigenvalue weighted by atomic mass is 9.90. The van der Waals surface area contributed by atoms with Crippen LogP contribution in [-0.2, 0) is 4.79 Å². The van der Waals surface area contributed by atoms with E-state index in [4.69, 9.17) is 0 Å². The third kappa shape index (κ3) is 2.84. The first kappa shape index (κ1) is 12.1. The molecule has 1 aliphatic rings. The van der Waals surface area contributed by atoms with Crippen molar-refractivity contribution in [2.45, 2.75) is 32.6 Å². The molecule has 0 saturated carbocycles. The fraction of sp³-hybridized carbons (Fsp3) is 0.571. The van der Waals surface area contributed by atoms with Crippen LogP contribution in [0.15, 0.2) is 24.5 Å². The van der Waals surface area contributed by atoms with Gasteiger partial charge in [0.1, 0.15) is 0 Å². The highest BCUT2D eigenvalue weighted by molar-refractivity contribution is 5.78. The van der Waals surface area contributed by atoms with Crippen LogP contribution >= 0.6 is 0 Å². The van der Waals surface area contributed by atoms with E-state index in [0.717, 1.165) is 25.9 Å². The molecule has 1 aromatic heterocycles. The number of amides is 1. The second kappa shape index (κ2) is 5.30. The molecule has 3 nitrogen and oxygen atoms in total. The summed E-state index contributed by atoms with van der Waals surface area (Å²) in [6.45, 7) is 5.72. The molecule has 2 rings (SSSR count). The average Bonchev–Trinajstić information content (AvgIpc) is 2.39. The molecule has 2 heterocycles. The molecular weight excluding hydrogens is 212 g/mol. The molecule has 1 amide bonds. The third-order valence-electron chi connectivity index (χ3n) is 3.48. The maximum Gasteiger partial charge on any atom is 0.225 e. The number of piperidine rings is 1. The minimum atomic E-state index is 0.118. The van der Waals surface area contributed by atoms with Gasteiger partial charge in [-0.25, -0.2) is 0 Å². The summed E-state index contributed by atoms with van der Waals surface area (Å²) in [7, 11) is 0. The summed E-state index contributed by atoms with van der Waals surface area (Å²) in [4.78, 5) is 17.9. The highest BCUT2D eigenvalue weighted by Crippen LogP contribution is 2.27. The summed E-state index contributed by atoms with van der Waals surface area (Å²) in [5.74, 6) is 1.000. The third-order valence-corrected chi connectivity index (χ3v) is 3.48. The van der Waals surface area contributed by atoms with Crippen LogP contribution in [0.5, 0.6) is 0 Å². The Hall–Kier alpha value is -1.38. The van der Waals surface area contributed by atoms with Gasteiger partial charge in [-0.2, -0.15) is 0 Å². The number of rotatable bonds is 2. The van der Waals surface area contributed by atoms with Crippen LogP contribution in [0.2, 0.25) is 0 Å². The quantitative estimate of drug-likeness (QED) is 0.784. The predicted molar refractivity (Wildman–Crippen MR) is 67.6 cm³/mol. The number of hydrogen-bond acceptors (Lipinski definition) is 2. The predicted octanol–water partition coefficient (Wildman–Crippen LogP) is 2.44. The van der Waals surface area contributed by atoms with Crippen LogP contribution in [-0.4, -0.2) is 28.9 Å². The fourth-order valence-corrected chi connectivity index (χ4v) is 2.43. The summed E-state index contributed by atoms with van der Waals surface area (Å²) < 4.78 is 0. The number of pyridine rings is 1. The molecule has 0 aliphatic carbocycles. The van der Waals surface area contributed by atoms with Gasteiger partial charge in [-0.3, -0.25) is 9.78 Å². The second-order valence-corrected chi connectivity index (χ2v) is 5.03. The summed E-state index contributed by atoms with van der Waals surface area (Å²) in [6.07, 6.45) is 5.84. The Kier molecular flexibility index (Phi) is 3.77. The SMILES string of the molecule is CC(C)C(=O)N1CCC(c2ccncc2)CC1. The molecule has 0 bridgehead atoms. The number of carbonyl (C=O) groups is 1. The van der Waals surface area contributed by atoms with Crippen LogP contribution in [0.3, 0.4) is 0 Å². The van der Waals surface area contributed by atoms with E-state index in [-0.39, 0.29) is 11.8 Å². The number of aromatic nitrogens is 1. The fourth-order valence-electron chi connectivity index (χ4n) is 2.43. The molecule has 1 fully saturated rings.